The molecule has 0 fully saturated rings. The minimum absolute atomic E-state index is 0.226. The fourth-order valence-electron chi connectivity index (χ4n) is 1.51. The zero-order valence-electron chi connectivity index (χ0n) is 12.2. The molecule has 0 aliphatic rings. The molecule has 0 unspecified atom stereocenters. The van der Waals surface area contributed by atoms with E-state index in [1.54, 1.807) is 47.8 Å². The van der Waals surface area contributed by atoms with Crippen LogP contribution in [0.5, 0.6) is 0 Å². The molecule has 0 atom stereocenters. The molecule has 0 saturated carbocycles. The zero-order chi connectivity index (χ0) is 15.7. The van der Waals surface area contributed by atoms with Gasteiger partial charge in [-0.1, -0.05) is 25.4 Å². The van der Waals surface area contributed by atoms with Crippen molar-refractivity contribution in [2.75, 3.05) is 11.5 Å². The summed E-state index contributed by atoms with van der Waals surface area (Å²) in [7, 11) is 0. The Morgan fingerprint density at radius 1 is 1.14 bits per heavy atom. The van der Waals surface area contributed by atoms with Gasteiger partial charge in [-0.15, -0.1) is 23.5 Å². The van der Waals surface area contributed by atoms with E-state index in [9.17, 15) is 10.1 Å². The Morgan fingerprint density at radius 3 is 2.10 bits per heavy atom. The monoisotopic (exact) mass is 339 g/mol. The van der Waals surface area contributed by atoms with E-state index >= 15 is 0 Å². The lowest BCUT2D eigenvalue weighted by atomic mass is 10.1. The number of allylic oxidation sites excluding steroid dienone is 1. The summed E-state index contributed by atoms with van der Waals surface area (Å²) in [4.78, 5) is 12.5. The maximum Gasteiger partial charge on any atom is 0.205 e. The van der Waals surface area contributed by atoms with Crippen molar-refractivity contribution >= 4 is 40.9 Å². The number of halogens is 1. The topological polar surface area (TPSA) is 40.9 Å². The van der Waals surface area contributed by atoms with Crippen molar-refractivity contribution in [3.05, 3.63) is 44.7 Å². The van der Waals surface area contributed by atoms with Gasteiger partial charge >= 0.3 is 0 Å². The minimum atomic E-state index is -0.226. The second-order valence-corrected chi connectivity index (χ2v) is 7.21. The third kappa shape index (κ3) is 5.78. The smallest absolute Gasteiger partial charge is 0.205 e. The Labute approximate surface area is 139 Å². The lowest BCUT2D eigenvalue weighted by molar-refractivity contribution is 0.103. The predicted octanol–water partition coefficient (Wildman–Crippen LogP) is 5.54. The average Bonchev–Trinajstić information content (AvgIpc) is 2.50. The van der Waals surface area contributed by atoms with Crippen LogP contribution in [0, 0.1) is 11.3 Å². The number of hydrogen-bond donors (Lipinski definition) is 0. The molecular weight excluding hydrogens is 322 g/mol. The highest BCUT2D eigenvalue weighted by molar-refractivity contribution is 8.22. The summed E-state index contributed by atoms with van der Waals surface area (Å²) in [5.41, 5.74) is 0.747. The standard InChI is InChI=1S/C16H18ClNOS2/c1-3-9-20-16(21-10-4-2)14(11-18)15(19)12-5-7-13(17)8-6-12/h5-8H,3-4,9-10H2,1-2H3. The fourth-order valence-corrected chi connectivity index (χ4v) is 3.81. The average molecular weight is 340 g/mol. The molecule has 0 saturated heterocycles. The molecule has 5 heteroatoms. The molecule has 112 valence electrons. The number of rotatable bonds is 8. The summed E-state index contributed by atoms with van der Waals surface area (Å²) in [5.74, 6) is 1.59. The number of carbonyl (C=O) groups excluding carboxylic acids is 1. The van der Waals surface area contributed by atoms with Gasteiger partial charge in [-0.2, -0.15) is 5.26 Å². The van der Waals surface area contributed by atoms with Crippen LogP contribution in [-0.2, 0) is 0 Å². The number of Topliss-reactive ketones (excluding diaryl/α,β-unsaturated/α-hetero) is 1. The SMILES string of the molecule is CCCSC(SCCC)=C(C#N)C(=O)c1ccc(Cl)cc1. The van der Waals surface area contributed by atoms with Crippen LogP contribution in [0.2, 0.25) is 5.02 Å². The van der Waals surface area contributed by atoms with E-state index in [4.69, 9.17) is 11.6 Å². The molecule has 2 nitrogen and oxygen atoms in total. The van der Waals surface area contributed by atoms with Gasteiger partial charge in [-0.25, -0.2) is 0 Å². The van der Waals surface area contributed by atoms with Crippen molar-refractivity contribution in [3.63, 3.8) is 0 Å². The maximum absolute atomic E-state index is 12.5. The van der Waals surface area contributed by atoms with Crippen molar-refractivity contribution in [1.82, 2.24) is 0 Å². The quantitative estimate of drug-likeness (QED) is 0.354. The zero-order valence-corrected chi connectivity index (χ0v) is 14.6. The summed E-state index contributed by atoms with van der Waals surface area (Å²) in [5, 5.41) is 9.98. The largest absolute Gasteiger partial charge is 0.288 e. The number of nitriles is 1. The van der Waals surface area contributed by atoms with E-state index < -0.39 is 0 Å². The van der Waals surface area contributed by atoms with Crippen LogP contribution in [0.4, 0.5) is 0 Å². The molecule has 1 aromatic carbocycles. The molecule has 0 aliphatic carbocycles. The molecule has 0 bridgehead atoms. The highest BCUT2D eigenvalue weighted by Crippen LogP contribution is 2.33. The van der Waals surface area contributed by atoms with Crippen LogP contribution >= 0.6 is 35.1 Å². The van der Waals surface area contributed by atoms with E-state index in [-0.39, 0.29) is 11.4 Å². The van der Waals surface area contributed by atoms with Crippen LogP contribution in [0.1, 0.15) is 37.0 Å². The van der Waals surface area contributed by atoms with Gasteiger partial charge in [0, 0.05) is 10.6 Å². The molecule has 0 spiro atoms. The van der Waals surface area contributed by atoms with Crippen molar-refractivity contribution in [2.45, 2.75) is 26.7 Å². The Morgan fingerprint density at radius 2 is 1.67 bits per heavy atom. The van der Waals surface area contributed by atoms with E-state index in [1.807, 2.05) is 0 Å². The van der Waals surface area contributed by atoms with E-state index in [1.165, 1.54) is 0 Å². The van der Waals surface area contributed by atoms with Crippen molar-refractivity contribution < 1.29 is 4.79 Å². The number of carbonyl (C=O) groups is 1. The van der Waals surface area contributed by atoms with Gasteiger partial charge in [-0.05, 0) is 48.6 Å². The minimum Gasteiger partial charge on any atom is -0.288 e. The lowest BCUT2D eigenvalue weighted by Gasteiger charge is -2.08. The Hall–Kier alpha value is -0.890. The first-order chi connectivity index (χ1) is 10.1. The number of benzene rings is 1. The summed E-state index contributed by atoms with van der Waals surface area (Å²) in [6.07, 6.45) is 2.02. The third-order valence-electron chi connectivity index (χ3n) is 2.52. The molecule has 0 heterocycles. The highest BCUT2D eigenvalue weighted by atomic mass is 35.5. The maximum atomic E-state index is 12.5. The first kappa shape index (κ1) is 18.2. The van der Waals surface area contributed by atoms with Crippen molar-refractivity contribution in [1.29, 1.82) is 5.26 Å². The molecule has 21 heavy (non-hydrogen) atoms. The van der Waals surface area contributed by atoms with Gasteiger partial charge in [-0.3, -0.25) is 4.79 Å². The summed E-state index contributed by atoms with van der Waals surface area (Å²) in [6.45, 7) is 4.17. The number of ketones is 1. The van der Waals surface area contributed by atoms with E-state index in [0.717, 1.165) is 28.6 Å². The molecule has 0 N–H and O–H groups in total. The normalized spacial score (nSPS) is 10.0. The predicted molar refractivity (Wildman–Crippen MR) is 93.9 cm³/mol. The van der Waals surface area contributed by atoms with Crippen LogP contribution < -0.4 is 0 Å². The Bertz CT molecular complexity index is 536. The molecule has 0 aromatic heterocycles. The van der Waals surface area contributed by atoms with Gasteiger partial charge in [0.1, 0.15) is 11.6 Å². The Kier molecular flexibility index (Phi) is 8.60. The number of thioether (sulfide) groups is 2. The first-order valence-corrected chi connectivity index (χ1v) is 9.19. The summed E-state index contributed by atoms with van der Waals surface area (Å²) >= 11 is 9.02. The molecule has 1 rings (SSSR count). The van der Waals surface area contributed by atoms with Crippen LogP contribution in [-0.4, -0.2) is 17.3 Å². The van der Waals surface area contributed by atoms with Crippen LogP contribution in [0.15, 0.2) is 34.1 Å². The summed E-state index contributed by atoms with van der Waals surface area (Å²) in [6, 6.07) is 8.75. The molecule has 0 amide bonds. The van der Waals surface area contributed by atoms with E-state index in [0.29, 0.717) is 10.6 Å². The van der Waals surface area contributed by atoms with Gasteiger partial charge in [0.25, 0.3) is 0 Å². The Balaban J connectivity index is 3.08. The highest BCUT2D eigenvalue weighted by Gasteiger charge is 2.18. The first-order valence-electron chi connectivity index (χ1n) is 6.84. The molecule has 1 aromatic rings. The number of hydrogen-bond acceptors (Lipinski definition) is 4. The summed E-state index contributed by atoms with van der Waals surface area (Å²) < 4.78 is 0.834. The molecule has 0 aliphatic heterocycles. The fraction of sp³-hybridized carbons (Fsp3) is 0.375. The molecular formula is C16H18ClNOS2. The van der Waals surface area contributed by atoms with Gasteiger partial charge in [0.15, 0.2) is 0 Å². The second kappa shape index (κ2) is 9.94. The lowest BCUT2D eigenvalue weighted by Crippen LogP contribution is -2.04. The van der Waals surface area contributed by atoms with Crippen LogP contribution in [0.25, 0.3) is 0 Å². The van der Waals surface area contributed by atoms with Crippen molar-refractivity contribution in [2.24, 2.45) is 0 Å². The van der Waals surface area contributed by atoms with Gasteiger partial charge < -0.3 is 0 Å². The van der Waals surface area contributed by atoms with Gasteiger partial charge in [0.05, 0.1) is 4.24 Å². The van der Waals surface area contributed by atoms with Crippen LogP contribution in [0.3, 0.4) is 0 Å². The number of nitrogens with zero attached hydrogens (tertiary/aromatic N) is 1. The molecule has 0 radical (unpaired) electrons. The van der Waals surface area contributed by atoms with Gasteiger partial charge in [0.2, 0.25) is 5.78 Å². The second-order valence-electron chi connectivity index (χ2n) is 4.31. The third-order valence-corrected chi connectivity index (χ3v) is 5.64. The van der Waals surface area contributed by atoms with Crippen molar-refractivity contribution in [3.8, 4) is 6.07 Å². The van der Waals surface area contributed by atoms with E-state index in [2.05, 4.69) is 19.9 Å².